The first-order chi connectivity index (χ1) is 12.5. The van der Waals surface area contributed by atoms with Crippen LogP contribution in [0.3, 0.4) is 0 Å². The van der Waals surface area contributed by atoms with Gasteiger partial charge in [-0.1, -0.05) is 17.7 Å². The lowest BCUT2D eigenvalue weighted by molar-refractivity contribution is -0.140. The molecule has 2 amide bonds. The number of carbonyl (C=O) groups is 2. The highest BCUT2D eigenvalue weighted by Gasteiger charge is 2.42. The molecule has 5 nitrogen and oxygen atoms in total. The van der Waals surface area contributed by atoms with E-state index in [1.165, 1.54) is 23.5 Å². The van der Waals surface area contributed by atoms with Gasteiger partial charge in [0.25, 0.3) is 5.91 Å². The number of rotatable bonds is 3. The number of piperidine rings is 1. The third-order valence-electron chi connectivity index (χ3n) is 5.08. The van der Waals surface area contributed by atoms with Crippen molar-refractivity contribution in [1.29, 1.82) is 0 Å². The molecular formula is C18H17ClFN3O2S. The average Bonchev–Trinajstić information content (AvgIpc) is 3.00. The maximum atomic E-state index is 14.3. The first-order valence-electron chi connectivity index (χ1n) is 8.45. The largest absolute Gasteiger partial charge is 0.336 e. The van der Waals surface area contributed by atoms with Gasteiger partial charge in [0.2, 0.25) is 5.91 Å². The molecule has 2 atom stereocenters. The van der Waals surface area contributed by atoms with E-state index in [1.54, 1.807) is 16.5 Å². The van der Waals surface area contributed by atoms with E-state index in [0.717, 1.165) is 18.5 Å². The fourth-order valence-electron chi connectivity index (χ4n) is 3.74. The number of fused-ring (bicyclic) bond motifs is 4. The molecule has 0 aliphatic carbocycles. The van der Waals surface area contributed by atoms with Crippen LogP contribution in [0.25, 0.3) is 0 Å². The Labute approximate surface area is 159 Å². The highest BCUT2D eigenvalue weighted by atomic mass is 35.5. The summed E-state index contributed by atoms with van der Waals surface area (Å²) in [7, 11) is 0. The molecule has 26 heavy (non-hydrogen) atoms. The van der Waals surface area contributed by atoms with Crippen LogP contribution in [-0.2, 0) is 11.3 Å². The first-order valence-corrected chi connectivity index (χ1v) is 9.77. The van der Waals surface area contributed by atoms with E-state index in [0.29, 0.717) is 19.6 Å². The summed E-state index contributed by atoms with van der Waals surface area (Å²) >= 11 is 7.30. The van der Waals surface area contributed by atoms with Crippen molar-refractivity contribution < 1.29 is 14.0 Å². The van der Waals surface area contributed by atoms with E-state index in [2.05, 4.69) is 4.98 Å². The Morgan fingerprint density at radius 2 is 2.19 bits per heavy atom. The van der Waals surface area contributed by atoms with Crippen molar-refractivity contribution in [2.45, 2.75) is 25.4 Å². The predicted molar refractivity (Wildman–Crippen MR) is 96.5 cm³/mol. The molecule has 3 aliphatic heterocycles. The van der Waals surface area contributed by atoms with Crippen molar-refractivity contribution in [1.82, 2.24) is 14.8 Å². The van der Waals surface area contributed by atoms with Crippen molar-refractivity contribution in [3.05, 3.63) is 51.2 Å². The van der Waals surface area contributed by atoms with Crippen molar-refractivity contribution in [3.8, 4) is 0 Å². The zero-order valence-corrected chi connectivity index (χ0v) is 15.5. The van der Waals surface area contributed by atoms with E-state index in [-0.39, 0.29) is 28.5 Å². The second-order valence-electron chi connectivity index (χ2n) is 6.69. The molecular weight excluding hydrogens is 377 g/mol. The molecule has 3 saturated heterocycles. The molecule has 5 rings (SSSR count). The number of amides is 2. The second kappa shape index (κ2) is 6.96. The molecule has 0 spiro atoms. The Morgan fingerprint density at radius 3 is 2.96 bits per heavy atom. The van der Waals surface area contributed by atoms with Gasteiger partial charge in [0.05, 0.1) is 34.3 Å². The minimum atomic E-state index is -0.707. The molecule has 4 heterocycles. The molecule has 3 fully saturated rings. The Morgan fingerprint density at radius 1 is 1.35 bits per heavy atom. The Balaban J connectivity index is 1.58. The van der Waals surface area contributed by atoms with Gasteiger partial charge < -0.3 is 9.80 Å². The number of hydrogen-bond acceptors (Lipinski definition) is 4. The average molecular weight is 394 g/mol. The van der Waals surface area contributed by atoms with Crippen LogP contribution in [0.1, 0.15) is 28.9 Å². The highest BCUT2D eigenvalue weighted by Crippen LogP contribution is 2.31. The van der Waals surface area contributed by atoms with Crippen LogP contribution in [0.5, 0.6) is 0 Å². The first kappa shape index (κ1) is 17.4. The number of halogens is 2. The maximum absolute atomic E-state index is 14.3. The predicted octanol–water partition coefficient (Wildman–Crippen LogP) is 3.20. The molecule has 0 unspecified atom stereocenters. The van der Waals surface area contributed by atoms with Crippen molar-refractivity contribution in [2.75, 3.05) is 13.1 Å². The molecule has 0 radical (unpaired) electrons. The Kier molecular flexibility index (Phi) is 4.67. The molecule has 2 bridgehead atoms. The molecule has 8 heteroatoms. The van der Waals surface area contributed by atoms with Gasteiger partial charge in [0, 0.05) is 24.5 Å². The van der Waals surface area contributed by atoms with Crippen LogP contribution in [-0.4, -0.2) is 45.7 Å². The summed E-state index contributed by atoms with van der Waals surface area (Å²) in [6, 6.07) is 4.34. The van der Waals surface area contributed by atoms with Crippen LogP contribution in [0.15, 0.2) is 29.1 Å². The lowest BCUT2D eigenvalue weighted by Gasteiger charge is -2.35. The third-order valence-corrected chi connectivity index (χ3v) is 6.01. The van der Waals surface area contributed by atoms with Gasteiger partial charge in [-0.2, -0.15) is 0 Å². The molecule has 1 aromatic carbocycles. The van der Waals surface area contributed by atoms with Gasteiger partial charge >= 0.3 is 0 Å². The topological polar surface area (TPSA) is 53.5 Å². The third kappa shape index (κ3) is 3.10. The molecule has 0 saturated carbocycles. The van der Waals surface area contributed by atoms with Gasteiger partial charge in [0.1, 0.15) is 0 Å². The summed E-state index contributed by atoms with van der Waals surface area (Å²) in [5.41, 5.74) is 2.56. The summed E-state index contributed by atoms with van der Waals surface area (Å²) in [6.45, 7) is 1.17. The van der Waals surface area contributed by atoms with E-state index < -0.39 is 11.7 Å². The summed E-state index contributed by atoms with van der Waals surface area (Å²) in [5, 5.41) is 1.85. The minimum absolute atomic E-state index is 0.0442. The van der Waals surface area contributed by atoms with Gasteiger partial charge in [-0.3, -0.25) is 9.59 Å². The zero-order valence-electron chi connectivity index (χ0n) is 13.9. The lowest BCUT2D eigenvalue weighted by atomic mass is 9.94. The summed E-state index contributed by atoms with van der Waals surface area (Å²) in [4.78, 5) is 33.4. The van der Waals surface area contributed by atoms with E-state index >= 15 is 0 Å². The number of hydrogen-bond donors (Lipinski definition) is 0. The summed E-state index contributed by atoms with van der Waals surface area (Å²) < 4.78 is 14.3. The van der Waals surface area contributed by atoms with Crippen LogP contribution in [0.4, 0.5) is 4.39 Å². The molecule has 1 aromatic heterocycles. The second-order valence-corrected chi connectivity index (χ2v) is 7.81. The van der Waals surface area contributed by atoms with Crippen LogP contribution in [0, 0.1) is 11.7 Å². The van der Waals surface area contributed by atoms with Gasteiger partial charge in [-0.25, -0.2) is 9.37 Å². The molecule has 2 aromatic rings. The zero-order chi connectivity index (χ0) is 18.3. The Bertz CT molecular complexity index is 845. The van der Waals surface area contributed by atoms with Crippen LogP contribution in [0.2, 0.25) is 5.02 Å². The van der Waals surface area contributed by atoms with Crippen molar-refractivity contribution >= 4 is 34.8 Å². The normalized spacial score (nSPS) is 22.6. The summed E-state index contributed by atoms with van der Waals surface area (Å²) in [6.07, 6.45) is 1.58. The van der Waals surface area contributed by atoms with Crippen molar-refractivity contribution in [3.63, 3.8) is 0 Å². The fraction of sp³-hybridized carbons (Fsp3) is 0.389. The van der Waals surface area contributed by atoms with Gasteiger partial charge in [-0.15, -0.1) is 11.3 Å². The van der Waals surface area contributed by atoms with Gasteiger partial charge in [0.15, 0.2) is 5.82 Å². The van der Waals surface area contributed by atoms with Gasteiger partial charge in [-0.05, 0) is 25.0 Å². The molecule has 136 valence electrons. The SMILES string of the molecule is O=C(c1cccc(Cl)c1F)N1C[C@@H]2CC[C@H](C1)N(Cc1cscn1)C2=O. The monoisotopic (exact) mass is 393 g/mol. The fourth-order valence-corrected chi connectivity index (χ4v) is 4.47. The maximum Gasteiger partial charge on any atom is 0.256 e. The number of benzene rings is 1. The highest BCUT2D eigenvalue weighted by molar-refractivity contribution is 7.07. The molecule has 3 aliphatic rings. The van der Waals surface area contributed by atoms with Crippen LogP contribution >= 0.6 is 22.9 Å². The number of carbonyl (C=O) groups excluding carboxylic acids is 2. The summed E-state index contributed by atoms with van der Waals surface area (Å²) in [5.74, 6) is -1.32. The standard InChI is InChI=1S/C18H17ClFN3O2S/c19-15-3-1-2-14(16(15)20)18(25)22-6-11-4-5-13(8-22)23(17(11)24)7-12-9-26-10-21-12/h1-3,9-11,13H,4-8H2/t11-,13+/m0/s1. The number of thiazole rings is 1. The lowest BCUT2D eigenvalue weighted by Crippen LogP contribution is -2.47. The van der Waals surface area contributed by atoms with Crippen LogP contribution < -0.4 is 0 Å². The molecule has 0 N–H and O–H groups in total. The Hall–Kier alpha value is -1.99. The quantitative estimate of drug-likeness (QED) is 0.804. The minimum Gasteiger partial charge on any atom is -0.336 e. The van der Waals surface area contributed by atoms with Crippen molar-refractivity contribution in [2.24, 2.45) is 5.92 Å². The smallest absolute Gasteiger partial charge is 0.256 e. The number of nitrogens with zero attached hydrogens (tertiary/aromatic N) is 3. The van der Waals surface area contributed by atoms with E-state index in [4.69, 9.17) is 11.6 Å². The van der Waals surface area contributed by atoms with E-state index in [1.807, 2.05) is 10.3 Å². The van der Waals surface area contributed by atoms with E-state index in [9.17, 15) is 14.0 Å². The number of aromatic nitrogens is 1.